The molecule has 326 valence electrons. The minimum Gasteiger partial charge on any atom is -0.393 e. The largest absolute Gasteiger partial charge is 0.416 e. The molecule has 0 radical (unpaired) electrons. The van der Waals surface area contributed by atoms with Crippen LogP contribution in [0.3, 0.4) is 0 Å². The number of carbonyl (C=O) groups is 2. The standard InChI is InChI=1S/C44H49Cl2F6N3O5/c1-2-37(56)28-9-14-54(15-10-28)39(57)26-59-38-23-29-5-3-4-6-34(29)41(38)11-16-53(17-12-41)18-13-42(31-7-8-35(45)36(46)25-31)27-55(19-20-60-42)40(58)30-21-32(43(47,48)49)24-33(22-30)44(50,51)52/h3-8,21-22,24-25,28,37-38,56H,2,9-20,23,26-27H2,1H3/t37?,38-,42-/m0/s1. The van der Waals surface area contributed by atoms with E-state index in [1.54, 1.807) is 18.2 Å². The van der Waals surface area contributed by atoms with E-state index in [4.69, 9.17) is 32.7 Å². The number of piperidine rings is 2. The van der Waals surface area contributed by atoms with Gasteiger partial charge in [0.1, 0.15) is 12.2 Å². The molecule has 1 N–H and O–H groups in total. The number of amides is 2. The Morgan fingerprint density at radius 3 is 2.18 bits per heavy atom. The zero-order valence-corrected chi connectivity index (χ0v) is 34.8. The Bertz CT molecular complexity index is 2000. The molecule has 1 aliphatic carbocycles. The van der Waals surface area contributed by atoms with Gasteiger partial charge in [0.05, 0.1) is 46.5 Å². The molecular formula is C44H49Cl2F6N3O5. The van der Waals surface area contributed by atoms with Crippen molar-refractivity contribution in [2.24, 2.45) is 5.92 Å². The number of alkyl halides is 6. The molecule has 8 nitrogen and oxygen atoms in total. The molecule has 1 unspecified atom stereocenters. The fourth-order valence-electron chi connectivity index (χ4n) is 9.68. The molecular weight excluding hydrogens is 835 g/mol. The maximum Gasteiger partial charge on any atom is 0.416 e. The third-order valence-electron chi connectivity index (χ3n) is 13.2. The van der Waals surface area contributed by atoms with Crippen LogP contribution in [0.1, 0.15) is 83.6 Å². The van der Waals surface area contributed by atoms with Crippen molar-refractivity contribution in [1.82, 2.24) is 14.7 Å². The molecule has 16 heteroatoms. The summed E-state index contributed by atoms with van der Waals surface area (Å²) in [7, 11) is 0. The molecule has 0 saturated carbocycles. The van der Waals surface area contributed by atoms with Crippen molar-refractivity contribution in [2.45, 2.75) is 87.4 Å². The minimum absolute atomic E-state index is 0.00200. The Balaban J connectivity index is 1.06. The lowest BCUT2D eigenvalue weighted by atomic mass is 9.72. The summed E-state index contributed by atoms with van der Waals surface area (Å²) in [5.41, 5.74) is -2.43. The third-order valence-corrected chi connectivity index (χ3v) is 13.9. The fourth-order valence-corrected chi connectivity index (χ4v) is 9.97. The molecule has 3 atom stereocenters. The first kappa shape index (κ1) is 44.6. The summed E-state index contributed by atoms with van der Waals surface area (Å²) in [6.07, 6.45) is -6.09. The van der Waals surface area contributed by atoms with Crippen LogP contribution < -0.4 is 0 Å². The smallest absolute Gasteiger partial charge is 0.393 e. The monoisotopic (exact) mass is 883 g/mol. The van der Waals surface area contributed by atoms with Crippen LogP contribution in [0.4, 0.5) is 26.3 Å². The molecule has 3 saturated heterocycles. The van der Waals surface area contributed by atoms with Crippen molar-refractivity contribution in [3.05, 3.63) is 104 Å². The summed E-state index contributed by atoms with van der Waals surface area (Å²) in [5, 5.41) is 10.8. The number of aliphatic hydroxyl groups is 1. The van der Waals surface area contributed by atoms with Gasteiger partial charge in [0, 0.05) is 37.2 Å². The topological polar surface area (TPSA) is 82.5 Å². The molecule has 4 aliphatic rings. The van der Waals surface area contributed by atoms with E-state index in [2.05, 4.69) is 17.0 Å². The molecule has 7 rings (SSSR count). The number of likely N-dealkylation sites (tertiary alicyclic amines) is 2. The first-order chi connectivity index (χ1) is 28.4. The fraction of sp³-hybridized carbons (Fsp3) is 0.545. The average Bonchev–Trinajstić information content (AvgIpc) is 3.54. The van der Waals surface area contributed by atoms with Crippen molar-refractivity contribution >= 4 is 35.0 Å². The molecule has 0 aromatic heterocycles. The molecule has 3 fully saturated rings. The van der Waals surface area contributed by atoms with Gasteiger partial charge in [0.2, 0.25) is 5.91 Å². The van der Waals surface area contributed by atoms with Crippen LogP contribution in [0, 0.1) is 5.92 Å². The van der Waals surface area contributed by atoms with Crippen LogP contribution in [-0.2, 0) is 44.1 Å². The molecule has 3 aliphatic heterocycles. The van der Waals surface area contributed by atoms with E-state index in [9.17, 15) is 41.0 Å². The van der Waals surface area contributed by atoms with Crippen LogP contribution in [0.15, 0.2) is 60.7 Å². The number of benzene rings is 3. The molecule has 2 amide bonds. The molecule has 3 aromatic rings. The minimum atomic E-state index is -5.11. The normalized spacial score (nSPS) is 23.2. The Morgan fingerprint density at radius 1 is 0.883 bits per heavy atom. The summed E-state index contributed by atoms with van der Waals surface area (Å²) in [5.74, 6) is -0.838. The Labute approximate surface area is 355 Å². The first-order valence-corrected chi connectivity index (χ1v) is 21.2. The average molecular weight is 885 g/mol. The summed E-state index contributed by atoms with van der Waals surface area (Å²) in [6.45, 7) is 4.69. The van der Waals surface area contributed by atoms with Gasteiger partial charge in [-0.3, -0.25) is 9.59 Å². The number of rotatable bonds is 10. The van der Waals surface area contributed by atoms with E-state index < -0.39 is 40.6 Å². The second-order valence-electron chi connectivity index (χ2n) is 16.6. The maximum atomic E-state index is 13.8. The van der Waals surface area contributed by atoms with E-state index in [1.807, 2.05) is 24.0 Å². The van der Waals surface area contributed by atoms with Crippen molar-refractivity contribution in [3.8, 4) is 0 Å². The van der Waals surface area contributed by atoms with Gasteiger partial charge in [-0.2, -0.15) is 26.3 Å². The lowest BCUT2D eigenvalue weighted by molar-refractivity contribution is -0.143. The lowest BCUT2D eigenvalue weighted by Crippen LogP contribution is -2.54. The van der Waals surface area contributed by atoms with Crippen molar-refractivity contribution in [2.75, 3.05) is 59.0 Å². The summed E-state index contributed by atoms with van der Waals surface area (Å²) >= 11 is 12.7. The molecule has 0 bridgehead atoms. The Kier molecular flexibility index (Phi) is 13.2. The second kappa shape index (κ2) is 17.8. The summed E-state index contributed by atoms with van der Waals surface area (Å²) < 4.78 is 95.4. The van der Waals surface area contributed by atoms with Crippen LogP contribution >= 0.6 is 23.2 Å². The number of hydrogen-bond acceptors (Lipinski definition) is 6. The Hall–Kier alpha value is -3.40. The second-order valence-corrected chi connectivity index (χ2v) is 17.4. The molecule has 3 aromatic carbocycles. The highest BCUT2D eigenvalue weighted by atomic mass is 35.5. The van der Waals surface area contributed by atoms with E-state index in [0.29, 0.717) is 69.7 Å². The van der Waals surface area contributed by atoms with Crippen molar-refractivity contribution in [3.63, 3.8) is 0 Å². The van der Waals surface area contributed by atoms with Crippen LogP contribution in [0.2, 0.25) is 10.0 Å². The van der Waals surface area contributed by atoms with E-state index >= 15 is 0 Å². The van der Waals surface area contributed by atoms with Crippen molar-refractivity contribution in [1.29, 1.82) is 0 Å². The van der Waals surface area contributed by atoms with Gasteiger partial charge in [-0.1, -0.05) is 60.5 Å². The van der Waals surface area contributed by atoms with Gasteiger partial charge in [0.25, 0.3) is 5.91 Å². The SMILES string of the molecule is CCC(O)C1CCN(C(=O)CO[C@H]2Cc3ccccc3C23CCN(CC[C@@]2(c4ccc(Cl)c(Cl)c4)CN(C(=O)c4cc(C(F)(F)F)cc(C(F)(F)F)c4)CCO2)CC3)CC1. The maximum absolute atomic E-state index is 13.8. The summed E-state index contributed by atoms with van der Waals surface area (Å²) in [6, 6.07) is 14.1. The number of aliphatic hydroxyl groups excluding tert-OH is 1. The van der Waals surface area contributed by atoms with Crippen LogP contribution in [-0.4, -0.2) is 103 Å². The number of nitrogens with zero attached hydrogens (tertiary/aromatic N) is 3. The Morgan fingerprint density at radius 2 is 1.55 bits per heavy atom. The number of morpholine rings is 1. The van der Waals surface area contributed by atoms with Gasteiger partial charge in [-0.25, -0.2) is 0 Å². The number of hydrogen-bond donors (Lipinski definition) is 1. The molecule has 3 heterocycles. The van der Waals surface area contributed by atoms with E-state index in [1.165, 1.54) is 16.0 Å². The quantitative estimate of drug-likeness (QED) is 0.205. The zero-order chi connectivity index (χ0) is 43.0. The van der Waals surface area contributed by atoms with Gasteiger partial charge in [-0.05, 0) is 111 Å². The predicted octanol–water partition coefficient (Wildman–Crippen LogP) is 8.77. The van der Waals surface area contributed by atoms with Crippen LogP contribution in [0.25, 0.3) is 0 Å². The van der Waals surface area contributed by atoms with Gasteiger partial charge < -0.3 is 29.3 Å². The van der Waals surface area contributed by atoms with E-state index in [-0.39, 0.29) is 71.9 Å². The lowest BCUT2D eigenvalue weighted by Gasteiger charge is -2.46. The number of fused-ring (bicyclic) bond motifs is 2. The van der Waals surface area contributed by atoms with Crippen LogP contribution in [0.5, 0.6) is 0 Å². The van der Waals surface area contributed by atoms with Gasteiger partial charge in [0.15, 0.2) is 0 Å². The van der Waals surface area contributed by atoms with Crippen molar-refractivity contribution < 1.29 is 50.5 Å². The highest BCUT2D eigenvalue weighted by Gasteiger charge is 2.50. The van der Waals surface area contributed by atoms with Gasteiger partial charge in [-0.15, -0.1) is 0 Å². The zero-order valence-electron chi connectivity index (χ0n) is 33.3. The highest BCUT2D eigenvalue weighted by Crippen LogP contribution is 2.48. The number of carbonyl (C=O) groups excluding carboxylic acids is 2. The number of halogens is 8. The molecule has 1 spiro atoms. The summed E-state index contributed by atoms with van der Waals surface area (Å²) in [4.78, 5) is 32.6. The first-order valence-electron chi connectivity index (χ1n) is 20.5. The number of ether oxygens (including phenoxy) is 2. The highest BCUT2D eigenvalue weighted by molar-refractivity contribution is 6.42. The third kappa shape index (κ3) is 9.34. The van der Waals surface area contributed by atoms with Gasteiger partial charge >= 0.3 is 12.4 Å². The van der Waals surface area contributed by atoms with E-state index in [0.717, 1.165) is 25.7 Å². The predicted molar refractivity (Wildman–Crippen MR) is 214 cm³/mol. The molecule has 60 heavy (non-hydrogen) atoms.